The molecule has 1 N–H and O–H groups in total. The highest BCUT2D eigenvalue weighted by Crippen LogP contribution is 2.25. The SMILES string of the molecule is CCN1C=C(c2ccc(O)cc2)CC1.Cl. The van der Waals surface area contributed by atoms with E-state index in [4.69, 9.17) is 5.11 Å². The minimum Gasteiger partial charge on any atom is -0.508 e. The second-order valence-corrected chi connectivity index (χ2v) is 3.58. The first-order valence-corrected chi connectivity index (χ1v) is 5.03. The number of benzene rings is 1. The summed E-state index contributed by atoms with van der Waals surface area (Å²) >= 11 is 0. The van der Waals surface area contributed by atoms with Gasteiger partial charge in [0, 0.05) is 19.3 Å². The summed E-state index contributed by atoms with van der Waals surface area (Å²) in [5.41, 5.74) is 2.59. The first kappa shape index (κ1) is 11.9. The van der Waals surface area contributed by atoms with Gasteiger partial charge >= 0.3 is 0 Å². The third kappa shape index (κ3) is 2.66. The third-order valence-electron chi connectivity index (χ3n) is 2.65. The zero-order valence-corrected chi connectivity index (χ0v) is 9.63. The molecule has 1 heterocycles. The summed E-state index contributed by atoms with van der Waals surface area (Å²) in [5, 5.41) is 9.17. The van der Waals surface area contributed by atoms with E-state index in [2.05, 4.69) is 18.0 Å². The van der Waals surface area contributed by atoms with Gasteiger partial charge in [-0.1, -0.05) is 12.1 Å². The van der Waals surface area contributed by atoms with Gasteiger partial charge in [-0.05, 0) is 36.6 Å². The van der Waals surface area contributed by atoms with Crippen LogP contribution in [0.4, 0.5) is 0 Å². The fourth-order valence-corrected chi connectivity index (χ4v) is 1.76. The molecule has 15 heavy (non-hydrogen) atoms. The Balaban J connectivity index is 0.00000112. The van der Waals surface area contributed by atoms with Gasteiger partial charge in [-0.15, -0.1) is 12.4 Å². The molecular formula is C12H16ClNO. The van der Waals surface area contributed by atoms with Crippen LogP contribution in [0.25, 0.3) is 5.57 Å². The van der Waals surface area contributed by atoms with Crippen molar-refractivity contribution in [1.29, 1.82) is 0 Å². The van der Waals surface area contributed by atoms with Crippen LogP contribution in [0.2, 0.25) is 0 Å². The predicted octanol–water partition coefficient (Wildman–Crippen LogP) is 2.88. The Bertz CT molecular complexity index is 345. The van der Waals surface area contributed by atoms with Crippen molar-refractivity contribution in [2.75, 3.05) is 13.1 Å². The van der Waals surface area contributed by atoms with E-state index >= 15 is 0 Å². The summed E-state index contributed by atoms with van der Waals surface area (Å²) in [5.74, 6) is 0.333. The number of halogens is 1. The standard InChI is InChI=1S/C12H15NO.ClH/c1-2-13-8-7-11(9-13)10-3-5-12(14)6-4-10;/h3-6,9,14H,2,7-8H2,1H3;1H. The van der Waals surface area contributed by atoms with Gasteiger partial charge in [0.05, 0.1) is 0 Å². The Morgan fingerprint density at radius 2 is 1.93 bits per heavy atom. The molecular weight excluding hydrogens is 210 g/mol. The highest BCUT2D eigenvalue weighted by Gasteiger charge is 2.11. The van der Waals surface area contributed by atoms with Crippen molar-refractivity contribution in [3.8, 4) is 5.75 Å². The summed E-state index contributed by atoms with van der Waals surface area (Å²) in [6.07, 6.45) is 3.32. The topological polar surface area (TPSA) is 23.5 Å². The van der Waals surface area contributed by atoms with Crippen molar-refractivity contribution in [2.24, 2.45) is 0 Å². The first-order valence-electron chi connectivity index (χ1n) is 5.03. The molecule has 0 fully saturated rings. The molecule has 3 heteroatoms. The molecule has 1 aromatic carbocycles. The molecule has 2 rings (SSSR count). The van der Waals surface area contributed by atoms with Crippen LogP contribution in [0.1, 0.15) is 18.9 Å². The van der Waals surface area contributed by atoms with Gasteiger partial charge in [0.2, 0.25) is 0 Å². The Kier molecular flexibility index (Phi) is 4.04. The van der Waals surface area contributed by atoms with Crippen molar-refractivity contribution < 1.29 is 5.11 Å². The number of phenols is 1. The molecule has 0 saturated heterocycles. The van der Waals surface area contributed by atoms with E-state index in [1.807, 2.05) is 12.1 Å². The van der Waals surface area contributed by atoms with Crippen LogP contribution >= 0.6 is 12.4 Å². The summed E-state index contributed by atoms with van der Waals surface area (Å²) < 4.78 is 0. The first-order chi connectivity index (χ1) is 6.79. The molecule has 0 aromatic heterocycles. The van der Waals surface area contributed by atoms with E-state index in [9.17, 15) is 0 Å². The highest BCUT2D eigenvalue weighted by atomic mass is 35.5. The van der Waals surface area contributed by atoms with Crippen LogP contribution < -0.4 is 0 Å². The molecule has 1 aliphatic rings. The van der Waals surface area contributed by atoms with Crippen molar-refractivity contribution in [2.45, 2.75) is 13.3 Å². The maximum absolute atomic E-state index is 9.17. The average Bonchev–Trinajstić information content (AvgIpc) is 2.67. The Labute approximate surface area is 96.6 Å². The van der Waals surface area contributed by atoms with Gasteiger partial charge in [0.25, 0.3) is 0 Å². The van der Waals surface area contributed by atoms with Crippen molar-refractivity contribution in [3.63, 3.8) is 0 Å². The van der Waals surface area contributed by atoms with Gasteiger partial charge in [-0.2, -0.15) is 0 Å². The van der Waals surface area contributed by atoms with Gasteiger partial charge in [0.15, 0.2) is 0 Å². The molecule has 0 atom stereocenters. The average molecular weight is 226 g/mol. The number of hydrogen-bond donors (Lipinski definition) is 1. The second-order valence-electron chi connectivity index (χ2n) is 3.58. The van der Waals surface area contributed by atoms with E-state index in [1.165, 1.54) is 11.1 Å². The van der Waals surface area contributed by atoms with Gasteiger partial charge in [-0.3, -0.25) is 0 Å². The number of phenolic OH excluding ortho intramolecular Hbond substituents is 1. The maximum atomic E-state index is 9.17. The molecule has 0 bridgehead atoms. The van der Waals surface area contributed by atoms with Crippen LogP contribution in [0, 0.1) is 0 Å². The largest absolute Gasteiger partial charge is 0.508 e. The third-order valence-corrected chi connectivity index (χ3v) is 2.65. The lowest BCUT2D eigenvalue weighted by molar-refractivity contribution is 0.430. The fraction of sp³-hybridized carbons (Fsp3) is 0.333. The summed E-state index contributed by atoms with van der Waals surface area (Å²) in [7, 11) is 0. The summed E-state index contributed by atoms with van der Waals surface area (Å²) in [4.78, 5) is 2.31. The zero-order valence-electron chi connectivity index (χ0n) is 8.81. The lowest BCUT2D eigenvalue weighted by Crippen LogP contribution is -2.12. The van der Waals surface area contributed by atoms with Crippen molar-refractivity contribution >= 4 is 18.0 Å². The van der Waals surface area contributed by atoms with Crippen molar-refractivity contribution in [3.05, 3.63) is 36.0 Å². The normalized spacial score (nSPS) is 14.7. The Morgan fingerprint density at radius 3 is 2.47 bits per heavy atom. The Hall–Kier alpha value is -1.15. The second kappa shape index (κ2) is 5.08. The van der Waals surface area contributed by atoms with E-state index < -0.39 is 0 Å². The van der Waals surface area contributed by atoms with E-state index in [1.54, 1.807) is 12.1 Å². The summed E-state index contributed by atoms with van der Waals surface area (Å²) in [6.45, 7) is 4.35. The maximum Gasteiger partial charge on any atom is 0.115 e. The van der Waals surface area contributed by atoms with E-state index in [0.29, 0.717) is 5.75 Å². The van der Waals surface area contributed by atoms with Gasteiger partial charge in [0.1, 0.15) is 5.75 Å². The van der Waals surface area contributed by atoms with Gasteiger partial charge in [-0.25, -0.2) is 0 Å². The van der Waals surface area contributed by atoms with Crippen LogP contribution in [0.15, 0.2) is 30.5 Å². The smallest absolute Gasteiger partial charge is 0.115 e. The van der Waals surface area contributed by atoms with Crippen molar-refractivity contribution in [1.82, 2.24) is 4.90 Å². The van der Waals surface area contributed by atoms with Crippen LogP contribution in [-0.4, -0.2) is 23.1 Å². The van der Waals surface area contributed by atoms with Crippen LogP contribution in [0.5, 0.6) is 5.75 Å². The quantitative estimate of drug-likeness (QED) is 0.837. The lowest BCUT2D eigenvalue weighted by Gasteiger charge is -2.09. The van der Waals surface area contributed by atoms with E-state index in [0.717, 1.165) is 19.5 Å². The molecule has 1 aromatic rings. The monoisotopic (exact) mass is 225 g/mol. The minimum atomic E-state index is 0. The molecule has 0 radical (unpaired) electrons. The van der Waals surface area contributed by atoms with E-state index in [-0.39, 0.29) is 12.4 Å². The summed E-state index contributed by atoms with van der Waals surface area (Å²) in [6, 6.07) is 7.43. The molecule has 0 unspecified atom stereocenters. The highest BCUT2D eigenvalue weighted by molar-refractivity contribution is 5.85. The zero-order chi connectivity index (χ0) is 9.97. The fourth-order valence-electron chi connectivity index (χ4n) is 1.76. The molecule has 1 aliphatic heterocycles. The number of hydrogen-bond acceptors (Lipinski definition) is 2. The molecule has 2 nitrogen and oxygen atoms in total. The van der Waals surface area contributed by atoms with Crippen LogP contribution in [0.3, 0.4) is 0 Å². The molecule has 0 amide bonds. The van der Waals surface area contributed by atoms with Crippen LogP contribution in [-0.2, 0) is 0 Å². The number of nitrogens with zero attached hydrogens (tertiary/aromatic N) is 1. The number of rotatable bonds is 2. The molecule has 0 saturated carbocycles. The number of aromatic hydroxyl groups is 1. The minimum absolute atomic E-state index is 0. The van der Waals surface area contributed by atoms with Gasteiger partial charge < -0.3 is 10.0 Å². The predicted molar refractivity (Wildman–Crippen MR) is 65.2 cm³/mol. The molecule has 0 spiro atoms. The Morgan fingerprint density at radius 1 is 1.27 bits per heavy atom. The lowest BCUT2D eigenvalue weighted by atomic mass is 10.1. The molecule has 0 aliphatic carbocycles. The molecule has 82 valence electrons.